The molecule has 6 heteroatoms. The number of hydrogen-bond donors (Lipinski definition) is 0. The van der Waals surface area contributed by atoms with Gasteiger partial charge in [0, 0.05) is 13.1 Å². The van der Waals surface area contributed by atoms with Crippen LogP contribution >= 0.6 is 0 Å². The Morgan fingerprint density at radius 2 is 1.03 bits per heavy atom. The second kappa shape index (κ2) is 17.6. The van der Waals surface area contributed by atoms with Gasteiger partial charge in [-0.25, -0.2) is 0 Å². The molecule has 0 amide bonds. The lowest BCUT2D eigenvalue weighted by molar-refractivity contribution is -0.144. The molecule has 0 fully saturated rings. The summed E-state index contributed by atoms with van der Waals surface area (Å²) in [5.74, 6) is -0.464. The van der Waals surface area contributed by atoms with Crippen LogP contribution in [-0.4, -0.2) is 74.2 Å². The van der Waals surface area contributed by atoms with Crippen molar-refractivity contribution in [2.75, 3.05) is 52.5 Å². The van der Waals surface area contributed by atoms with Gasteiger partial charge in [0.1, 0.15) is 13.2 Å². The lowest BCUT2D eigenvalue weighted by Gasteiger charge is -2.20. The molecule has 0 spiro atoms. The van der Waals surface area contributed by atoms with Crippen molar-refractivity contribution in [3.8, 4) is 0 Å². The summed E-state index contributed by atoms with van der Waals surface area (Å²) in [6.45, 7) is 15.1. The second-order valence-electron chi connectivity index (χ2n) is 8.30. The number of ether oxygens (including phenoxy) is 2. The predicted octanol–water partition coefficient (Wildman–Crippen LogP) is 4.10. The van der Waals surface area contributed by atoms with Gasteiger partial charge in [0.15, 0.2) is 0 Å². The number of nitrogens with zero attached hydrogens (tertiary/aromatic N) is 2. The van der Waals surface area contributed by atoms with Crippen LogP contribution < -0.4 is 0 Å². The number of benzene rings is 1. The number of esters is 2. The Morgan fingerprint density at radius 1 is 0.656 bits per heavy atom. The first-order valence-electron chi connectivity index (χ1n) is 12.4. The third-order valence-electron chi connectivity index (χ3n) is 5.19. The summed E-state index contributed by atoms with van der Waals surface area (Å²) in [6.07, 6.45) is 4.82. The first-order valence-corrected chi connectivity index (χ1v) is 12.4. The molecule has 1 aromatic rings. The monoisotopic (exact) mass is 448 g/mol. The molecule has 0 N–H and O–H groups in total. The normalized spacial score (nSPS) is 11.2. The van der Waals surface area contributed by atoms with Crippen LogP contribution in [0.15, 0.2) is 24.3 Å². The van der Waals surface area contributed by atoms with E-state index in [1.807, 2.05) is 24.3 Å². The Kier molecular flexibility index (Phi) is 15.5. The summed E-state index contributed by atoms with van der Waals surface area (Å²) >= 11 is 0. The highest BCUT2D eigenvalue weighted by atomic mass is 16.5. The van der Waals surface area contributed by atoms with Crippen LogP contribution in [0.4, 0.5) is 0 Å². The Labute approximate surface area is 195 Å². The number of carbonyl (C=O) groups is 2. The van der Waals surface area contributed by atoms with Gasteiger partial charge >= 0.3 is 11.9 Å². The molecule has 1 aromatic carbocycles. The number of hydrogen-bond acceptors (Lipinski definition) is 6. The van der Waals surface area contributed by atoms with Gasteiger partial charge in [0.25, 0.3) is 0 Å². The third kappa shape index (κ3) is 12.8. The Morgan fingerprint density at radius 3 is 1.38 bits per heavy atom. The maximum Gasteiger partial charge on any atom is 0.310 e. The van der Waals surface area contributed by atoms with Gasteiger partial charge in [-0.1, -0.05) is 52.0 Å². The Balaban J connectivity index is 2.40. The van der Waals surface area contributed by atoms with E-state index in [1.54, 1.807) is 0 Å². The molecule has 0 radical (unpaired) electrons. The highest BCUT2D eigenvalue weighted by Crippen LogP contribution is 2.09. The van der Waals surface area contributed by atoms with Gasteiger partial charge < -0.3 is 9.47 Å². The van der Waals surface area contributed by atoms with E-state index in [0.717, 1.165) is 76.1 Å². The SMILES string of the molecule is CCCN(CCC)CCOC(=O)Cc1cccc(CC(=O)OCCN(CCC)CCC)c1. The highest BCUT2D eigenvalue weighted by molar-refractivity contribution is 5.74. The van der Waals surface area contributed by atoms with Crippen LogP contribution in [0.1, 0.15) is 64.5 Å². The average molecular weight is 449 g/mol. The minimum Gasteiger partial charge on any atom is -0.464 e. The first-order chi connectivity index (χ1) is 15.5. The standard InChI is InChI=1S/C26H44N2O4/c1-5-12-27(13-6-2)16-18-31-25(29)21-23-10-9-11-24(20-23)22-26(30)32-19-17-28(14-7-3)15-8-4/h9-11,20H,5-8,12-19,21-22H2,1-4H3. The van der Waals surface area contributed by atoms with Crippen LogP contribution in [0.25, 0.3) is 0 Å². The molecule has 0 bridgehead atoms. The van der Waals surface area contributed by atoms with E-state index >= 15 is 0 Å². The molecule has 0 aliphatic carbocycles. The topological polar surface area (TPSA) is 59.1 Å². The summed E-state index contributed by atoms with van der Waals surface area (Å²) in [6, 6.07) is 7.55. The van der Waals surface area contributed by atoms with Crippen molar-refractivity contribution < 1.29 is 19.1 Å². The van der Waals surface area contributed by atoms with Crippen molar-refractivity contribution in [1.29, 1.82) is 0 Å². The van der Waals surface area contributed by atoms with Crippen LogP contribution in [0, 0.1) is 0 Å². The van der Waals surface area contributed by atoms with Gasteiger partial charge in [-0.2, -0.15) is 0 Å². The summed E-state index contributed by atoms with van der Waals surface area (Å²) in [5.41, 5.74) is 1.72. The predicted molar refractivity (Wildman–Crippen MR) is 130 cm³/mol. The molecule has 0 atom stereocenters. The van der Waals surface area contributed by atoms with Crippen LogP contribution in [0.3, 0.4) is 0 Å². The van der Waals surface area contributed by atoms with Crippen LogP contribution in [-0.2, 0) is 31.9 Å². The smallest absolute Gasteiger partial charge is 0.310 e. The molecule has 0 aromatic heterocycles. The van der Waals surface area contributed by atoms with Crippen molar-refractivity contribution in [1.82, 2.24) is 9.80 Å². The van der Waals surface area contributed by atoms with Crippen molar-refractivity contribution in [3.05, 3.63) is 35.4 Å². The van der Waals surface area contributed by atoms with E-state index in [2.05, 4.69) is 37.5 Å². The maximum atomic E-state index is 12.2. The summed E-state index contributed by atoms with van der Waals surface area (Å²) in [7, 11) is 0. The molecule has 182 valence electrons. The second-order valence-corrected chi connectivity index (χ2v) is 8.30. The zero-order chi connectivity index (χ0) is 23.6. The highest BCUT2D eigenvalue weighted by Gasteiger charge is 2.11. The number of carbonyl (C=O) groups excluding carboxylic acids is 2. The molecule has 0 aliphatic heterocycles. The molecule has 1 rings (SSSR count). The van der Waals surface area contributed by atoms with Gasteiger partial charge in [-0.15, -0.1) is 0 Å². The molecule has 0 aliphatic rings. The molecule has 0 unspecified atom stereocenters. The molecule has 32 heavy (non-hydrogen) atoms. The molecule has 0 saturated carbocycles. The van der Waals surface area contributed by atoms with Gasteiger partial charge in [0.2, 0.25) is 0 Å². The summed E-state index contributed by atoms with van der Waals surface area (Å²) < 4.78 is 10.9. The van der Waals surface area contributed by atoms with E-state index in [-0.39, 0.29) is 24.8 Å². The largest absolute Gasteiger partial charge is 0.464 e. The quantitative estimate of drug-likeness (QED) is 0.315. The van der Waals surface area contributed by atoms with Gasteiger partial charge in [0.05, 0.1) is 12.8 Å². The Hall–Kier alpha value is -1.92. The van der Waals surface area contributed by atoms with E-state index < -0.39 is 0 Å². The van der Waals surface area contributed by atoms with E-state index in [4.69, 9.17) is 9.47 Å². The minimum atomic E-state index is -0.232. The zero-order valence-corrected chi connectivity index (χ0v) is 20.7. The fourth-order valence-electron chi connectivity index (χ4n) is 3.80. The third-order valence-corrected chi connectivity index (χ3v) is 5.19. The van der Waals surface area contributed by atoms with Gasteiger partial charge in [-0.05, 0) is 63.0 Å². The van der Waals surface area contributed by atoms with Crippen LogP contribution in [0.2, 0.25) is 0 Å². The lowest BCUT2D eigenvalue weighted by atomic mass is 10.1. The fraction of sp³-hybridized carbons (Fsp3) is 0.692. The lowest BCUT2D eigenvalue weighted by Crippen LogP contribution is -2.30. The molecule has 0 heterocycles. The fourth-order valence-corrected chi connectivity index (χ4v) is 3.80. The van der Waals surface area contributed by atoms with Crippen LogP contribution in [0.5, 0.6) is 0 Å². The maximum absolute atomic E-state index is 12.2. The Bertz CT molecular complexity index is 587. The average Bonchev–Trinajstić information content (AvgIpc) is 2.74. The first kappa shape index (κ1) is 28.1. The van der Waals surface area contributed by atoms with E-state index in [9.17, 15) is 9.59 Å². The summed E-state index contributed by atoms with van der Waals surface area (Å²) in [4.78, 5) is 29.1. The number of rotatable bonds is 18. The van der Waals surface area contributed by atoms with Crippen molar-refractivity contribution in [2.24, 2.45) is 0 Å². The van der Waals surface area contributed by atoms with E-state index in [0.29, 0.717) is 13.2 Å². The molecular formula is C26H44N2O4. The molecular weight excluding hydrogens is 404 g/mol. The van der Waals surface area contributed by atoms with Crippen molar-refractivity contribution >= 4 is 11.9 Å². The van der Waals surface area contributed by atoms with E-state index in [1.165, 1.54) is 0 Å². The molecule has 6 nitrogen and oxygen atoms in total. The van der Waals surface area contributed by atoms with Crippen molar-refractivity contribution in [2.45, 2.75) is 66.2 Å². The van der Waals surface area contributed by atoms with Crippen molar-refractivity contribution in [3.63, 3.8) is 0 Å². The summed E-state index contributed by atoms with van der Waals surface area (Å²) in [5, 5.41) is 0. The minimum absolute atomic E-state index is 0.216. The van der Waals surface area contributed by atoms with Gasteiger partial charge in [-0.3, -0.25) is 19.4 Å². The molecule has 0 saturated heterocycles. The zero-order valence-electron chi connectivity index (χ0n) is 20.7.